The van der Waals surface area contributed by atoms with Gasteiger partial charge in [-0.1, -0.05) is 24.2 Å². The highest BCUT2D eigenvalue weighted by Crippen LogP contribution is 2.25. The number of piperazine rings is 1. The van der Waals surface area contributed by atoms with Gasteiger partial charge >= 0.3 is 6.03 Å². The first kappa shape index (κ1) is 20.0. The number of carbonyl (C=O) groups is 1. The number of hydrogen-bond acceptors (Lipinski definition) is 7. The van der Waals surface area contributed by atoms with Crippen molar-refractivity contribution in [2.45, 2.75) is 13.5 Å². The summed E-state index contributed by atoms with van der Waals surface area (Å²) in [7, 11) is 0. The Morgan fingerprint density at radius 2 is 2.07 bits per heavy atom. The lowest BCUT2D eigenvalue weighted by atomic mass is 10.1. The fourth-order valence-corrected chi connectivity index (χ4v) is 3.54. The van der Waals surface area contributed by atoms with E-state index in [-0.39, 0.29) is 6.03 Å². The number of aromatic amines is 1. The number of allylic oxidation sites excluding steroid dienone is 1. The van der Waals surface area contributed by atoms with Crippen LogP contribution >= 0.6 is 11.6 Å². The molecule has 2 N–H and O–H groups in total. The summed E-state index contributed by atoms with van der Waals surface area (Å²) in [5.41, 5.74) is 2.68. The van der Waals surface area contributed by atoms with Gasteiger partial charge in [-0.2, -0.15) is 9.90 Å². The maximum absolute atomic E-state index is 12.7. The Balaban J connectivity index is 1.38. The van der Waals surface area contributed by atoms with Gasteiger partial charge in [0.25, 0.3) is 0 Å². The van der Waals surface area contributed by atoms with Crippen LogP contribution in [0.1, 0.15) is 12.5 Å². The van der Waals surface area contributed by atoms with Crippen LogP contribution in [0.3, 0.4) is 0 Å². The van der Waals surface area contributed by atoms with E-state index in [0.29, 0.717) is 36.3 Å². The predicted molar refractivity (Wildman–Crippen MR) is 113 cm³/mol. The maximum Gasteiger partial charge on any atom is 0.344 e. The molecule has 0 spiro atoms. The van der Waals surface area contributed by atoms with Crippen LogP contribution < -0.4 is 5.32 Å². The second-order valence-electron chi connectivity index (χ2n) is 7.13. The van der Waals surface area contributed by atoms with Gasteiger partial charge in [0, 0.05) is 61.3 Å². The topological polar surface area (TPSA) is 108 Å². The van der Waals surface area contributed by atoms with Gasteiger partial charge in [0.15, 0.2) is 5.82 Å². The number of rotatable bonds is 5. The van der Waals surface area contributed by atoms with E-state index in [4.69, 9.17) is 11.6 Å². The second kappa shape index (κ2) is 8.64. The van der Waals surface area contributed by atoms with Gasteiger partial charge in [-0.3, -0.25) is 4.90 Å². The first-order valence-electron chi connectivity index (χ1n) is 9.51. The van der Waals surface area contributed by atoms with E-state index >= 15 is 0 Å². The lowest BCUT2D eigenvalue weighted by Crippen LogP contribution is -2.49. The van der Waals surface area contributed by atoms with Crippen molar-refractivity contribution in [2.75, 3.05) is 31.5 Å². The van der Waals surface area contributed by atoms with Crippen molar-refractivity contribution in [2.24, 2.45) is 0 Å². The third-order valence-corrected chi connectivity index (χ3v) is 5.06. The molecule has 3 heterocycles. The van der Waals surface area contributed by atoms with Crippen LogP contribution in [0.5, 0.6) is 0 Å². The molecule has 0 radical (unpaired) electrons. The van der Waals surface area contributed by atoms with Gasteiger partial charge in [-0.25, -0.2) is 4.79 Å². The maximum atomic E-state index is 12.7. The number of carbonyl (C=O) groups excluding carboxylic acids is 1. The fraction of sp³-hybridized carbons (Fsp3) is 0.316. The van der Waals surface area contributed by atoms with Crippen molar-refractivity contribution in [1.29, 1.82) is 0 Å². The molecule has 1 amide bonds. The zero-order valence-corrected chi connectivity index (χ0v) is 17.3. The first-order chi connectivity index (χ1) is 14.5. The minimum atomic E-state index is -0.136. The smallest absolute Gasteiger partial charge is 0.343 e. The Morgan fingerprint density at radius 3 is 2.77 bits per heavy atom. The lowest BCUT2D eigenvalue weighted by Gasteiger charge is -2.34. The number of amides is 1. The Hall–Kier alpha value is -3.24. The quantitative estimate of drug-likeness (QED) is 0.643. The molecule has 0 unspecified atom stereocenters. The van der Waals surface area contributed by atoms with Crippen LogP contribution in [-0.2, 0) is 6.54 Å². The third kappa shape index (κ3) is 4.50. The standard InChI is InChI=1S/C19H22ClN9O/c1-13(2)21-17-5-6-29(24-17)19(30)28-9-7-27(8-10-28)12-14-3-4-15(20)11-16(14)18-22-25-26-23-18/h3-6,11H,1,7-10,12H2,2H3,(H,21,24)(H,22,23,25,26). The number of nitrogens with zero attached hydrogens (tertiary/aromatic N) is 7. The number of nitrogens with one attached hydrogen (secondary N) is 2. The normalized spacial score (nSPS) is 14.7. The molecule has 1 aliphatic rings. The molecule has 0 aliphatic carbocycles. The zero-order valence-electron chi connectivity index (χ0n) is 16.5. The van der Waals surface area contributed by atoms with Crippen LogP contribution in [0.25, 0.3) is 11.4 Å². The number of anilines is 1. The monoisotopic (exact) mass is 427 g/mol. The predicted octanol–water partition coefficient (Wildman–Crippen LogP) is 2.45. The molecule has 0 atom stereocenters. The molecule has 0 saturated carbocycles. The van der Waals surface area contributed by atoms with Crippen LogP contribution in [0.15, 0.2) is 42.7 Å². The SMILES string of the molecule is C=C(C)Nc1ccn(C(=O)N2CCN(Cc3ccc(Cl)cc3-c3nn[nH]n3)CC2)n1. The van der Waals surface area contributed by atoms with Crippen molar-refractivity contribution in [3.63, 3.8) is 0 Å². The largest absolute Gasteiger partial charge is 0.344 e. The van der Waals surface area contributed by atoms with Crippen LogP contribution in [-0.4, -0.2) is 72.4 Å². The van der Waals surface area contributed by atoms with Crippen LogP contribution in [0.4, 0.5) is 10.6 Å². The number of hydrogen-bond donors (Lipinski definition) is 2. The van der Waals surface area contributed by atoms with E-state index in [2.05, 4.69) is 42.5 Å². The first-order valence-corrected chi connectivity index (χ1v) is 9.89. The van der Waals surface area contributed by atoms with Crippen LogP contribution in [0.2, 0.25) is 5.02 Å². The molecule has 11 heteroatoms. The minimum absolute atomic E-state index is 0.136. The molecule has 3 aromatic rings. The number of benzene rings is 1. The van der Waals surface area contributed by atoms with Crippen molar-refractivity contribution < 1.29 is 4.79 Å². The summed E-state index contributed by atoms with van der Waals surface area (Å²) in [6.07, 6.45) is 1.66. The summed E-state index contributed by atoms with van der Waals surface area (Å²) in [5, 5.41) is 22.1. The minimum Gasteiger partial charge on any atom is -0.343 e. The molecule has 0 bridgehead atoms. The van der Waals surface area contributed by atoms with Crippen molar-refractivity contribution >= 4 is 23.4 Å². The highest BCUT2D eigenvalue weighted by molar-refractivity contribution is 6.30. The molecule has 4 rings (SSSR count). The van der Waals surface area contributed by atoms with E-state index in [0.717, 1.165) is 29.9 Å². The summed E-state index contributed by atoms with van der Waals surface area (Å²) >= 11 is 6.16. The van der Waals surface area contributed by atoms with E-state index in [9.17, 15) is 4.79 Å². The van der Waals surface area contributed by atoms with Crippen molar-refractivity contribution in [3.8, 4) is 11.4 Å². The molecule has 30 heavy (non-hydrogen) atoms. The van der Waals surface area contributed by atoms with Gasteiger partial charge < -0.3 is 10.2 Å². The molecule has 156 valence electrons. The third-order valence-electron chi connectivity index (χ3n) is 4.82. The molecule has 10 nitrogen and oxygen atoms in total. The average molecular weight is 428 g/mol. The fourth-order valence-electron chi connectivity index (χ4n) is 3.37. The number of H-pyrrole nitrogens is 1. The molecule has 1 fully saturated rings. The van der Waals surface area contributed by atoms with E-state index in [1.165, 1.54) is 4.68 Å². The van der Waals surface area contributed by atoms with Gasteiger partial charge in [0.2, 0.25) is 5.82 Å². The summed E-state index contributed by atoms with van der Waals surface area (Å²) in [6, 6.07) is 7.29. The van der Waals surface area contributed by atoms with Gasteiger partial charge in [-0.05, 0) is 29.8 Å². The zero-order chi connectivity index (χ0) is 21.1. The van der Waals surface area contributed by atoms with Crippen molar-refractivity contribution in [1.82, 2.24) is 40.2 Å². The Morgan fingerprint density at radius 1 is 1.27 bits per heavy atom. The summed E-state index contributed by atoms with van der Waals surface area (Å²) in [5.74, 6) is 1.12. The van der Waals surface area contributed by atoms with E-state index < -0.39 is 0 Å². The van der Waals surface area contributed by atoms with E-state index in [1.807, 2.05) is 25.1 Å². The van der Waals surface area contributed by atoms with Crippen molar-refractivity contribution in [3.05, 3.63) is 53.3 Å². The molecule has 1 aliphatic heterocycles. The Bertz CT molecular complexity index is 1040. The Labute approximate surface area is 178 Å². The summed E-state index contributed by atoms with van der Waals surface area (Å²) in [6.45, 7) is 9.06. The molecule has 1 saturated heterocycles. The van der Waals surface area contributed by atoms with Gasteiger partial charge in [0.05, 0.1) is 0 Å². The average Bonchev–Trinajstić information content (AvgIpc) is 3.41. The number of aromatic nitrogens is 6. The highest BCUT2D eigenvalue weighted by atomic mass is 35.5. The molecule has 2 aromatic heterocycles. The molecule has 1 aromatic carbocycles. The summed E-state index contributed by atoms with van der Waals surface area (Å²) in [4.78, 5) is 16.8. The van der Waals surface area contributed by atoms with Gasteiger partial charge in [0.1, 0.15) is 0 Å². The van der Waals surface area contributed by atoms with Gasteiger partial charge in [-0.15, -0.1) is 15.3 Å². The van der Waals surface area contributed by atoms with E-state index in [1.54, 1.807) is 17.2 Å². The molecular formula is C19H22ClN9O. The lowest BCUT2D eigenvalue weighted by molar-refractivity contribution is 0.134. The highest BCUT2D eigenvalue weighted by Gasteiger charge is 2.24. The Kier molecular flexibility index (Phi) is 5.77. The second-order valence-corrected chi connectivity index (χ2v) is 7.57. The number of halogens is 1. The van der Waals surface area contributed by atoms with Crippen LogP contribution in [0, 0.1) is 0 Å². The number of tetrazole rings is 1. The molecular weight excluding hydrogens is 406 g/mol. The summed E-state index contributed by atoms with van der Waals surface area (Å²) < 4.78 is 1.36.